The minimum absolute atomic E-state index is 0.0551. The van der Waals surface area contributed by atoms with E-state index in [4.69, 9.17) is 4.74 Å². The Morgan fingerprint density at radius 3 is 2.82 bits per heavy atom. The number of anilines is 1. The number of nitrogens with zero attached hydrogens (tertiary/aromatic N) is 3. The molecule has 3 aromatic rings. The molecule has 1 fully saturated rings. The van der Waals surface area contributed by atoms with Crippen molar-refractivity contribution in [3.63, 3.8) is 0 Å². The lowest BCUT2D eigenvalue weighted by molar-refractivity contribution is -0.117. The predicted molar refractivity (Wildman–Crippen MR) is 134 cm³/mol. The molecule has 4 heterocycles. The van der Waals surface area contributed by atoms with Crippen LogP contribution in [0, 0.1) is 25.2 Å². The van der Waals surface area contributed by atoms with Crippen LogP contribution in [0.3, 0.4) is 0 Å². The van der Waals surface area contributed by atoms with Crippen LogP contribution in [-0.4, -0.2) is 41.2 Å². The Morgan fingerprint density at radius 1 is 1.26 bits per heavy atom. The lowest BCUT2D eigenvalue weighted by Crippen LogP contribution is -2.41. The molecule has 34 heavy (non-hydrogen) atoms. The van der Waals surface area contributed by atoms with E-state index in [1.165, 1.54) is 16.0 Å². The van der Waals surface area contributed by atoms with Gasteiger partial charge in [-0.15, -0.1) is 11.3 Å². The number of hydrogen-bond donors (Lipinski definition) is 1. The number of rotatable bonds is 6. The van der Waals surface area contributed by atoms with Crippen molar-refractivity contribution >= 4 is 23.1 Å². The van der Waals surface area contributed by atoms with Crippen molar-refractivity contribution in [2.45, 2.75) is 51.8 Å². The van der Waals surface area contributed by atoms with Crippen LogP contribution in [0.15, 0.2) is 41.8 Å². The first-order chi connectivity index (χ1) is 16.6. The van der Waals surface area contributed by atoms with Crippen LogP contribution in [0.25, 0.3) is 0 Å². The van der Waals surface area contributed by atoms with Crippen molar-refractivity contribution in [2.24, 2.45) is 0 Å². The summed E-state index contributed by atoms with van der Waals surface area (Å²) >= 11 is 1.80. The number of fused-ring (bicyclic) bond motifs is 1. The van der Waals surface area contributed by atoms with E-state index < -0.39 is 0 Å². The molecule has 1 N–H and O–H groups in total. The summed E-state index contributed by atoms with van der Waals surface area (Å²) in [7, 11) is 0. The van der Waals surface area contributed by atoms with Gasteiger partial charge in [-0.05, 0) is 61.2 Å². The van der Waals surface area contributed by atoms with E-state index in [-0.39, 0.29) is 24.6 Å². The Labute approximate surface area is 204 Å². The SMILES string of the molecule is Cc1c(C#N)c(NC(=O)CN2CCc3sccc3[C@@H]2c2ccccc2)n(C[C@@H]2CCCO2)c1C. The molecule has 2 aromatic heterocycles. The number of benzene rings is 1. The zero-order valence-corrected chi connectivity index (χ0v) is 20.5. The minimum Gasteiger partial charge on any atom is -0.376 e. The van der Waals surface area contributed by atoms with Crippen molar-refractivity contribution in [2.75, 3.05) is 25.0 Å². The molecule has 0 bridgehead atoms. The highest BCUT2D eigenvalue weighted by molar-refractivity contribution is 7.10. The summed E-state index contributed by atoms with van der Waals surface area (Å²) in [6.07, 6.45) is 3.12. The standard InChI is InChI=1S/C27H30N4O2S/c1-18-19(2)31(16-21-9-6-13-33-21)27(23(18)15-28)29-25(32)17-30-12-10-24-22(11-14-34-24)26(30)20-7-4-3-5-8-20/h3-5,7-8,11,14,21,26H,6,9-10,12-13,16-17H2,1-2H3,(H,29,32)/t21-,26-/m0/s1. The third-order valence-electron chi connectivity index (χ3n) is 7.14. The number of aromatic nitrogens is 1. The van der Waals surface area contributed by atoms with Gasteiger partial charge in [-0.1, -0.05) is 30.3 Å². The largest absolute Gasteiger partial charge is 0.376 e. The van der Waals surface area contributed by atoms with Gasteiger partial charge in [0.15, 0.2) is 0 Å². The molecule has 6 nitrogen and oxygen atoms in total. The van der Waals surface area contributed by atoms with Gasteiger partial charge in [-0.25, -0.2) is 0 Å². The number of ether oxygens (including phenoxy) is 1. The van der Waals surface area contributed by atoms with Crippen molar-refractivity contribution < 1.29 is 9.53 Å². The number of carbonyl (C=O) groups is 1. The third kappa shape index (κ3) is 4.29. The van der Waals surface area contributed by atoms with Gasteiger partial charge in [0.25, 0.3) is 0 Å². The highest BCUT2D eigenvalue weighted by Gasteiger charge is 2.31. The molecule has 2 aliphatic rings. The second-order valence-electron chi connectivity index (χ2n) is 9.17. The number of amides is 1. The van der Waals surface area contributed by atoms with Crippen LogP contribution in [0.4, 0.5) is 5.82 Å². The smallest absolute Gasteiger partial charge is 0.239 e. The molecular weight excluding hydrogens is 444 g/mol. The van der Waals surface area contributed by atoms with Crippen LogP contribution in [0.1, 0.15) is 51.7 Å². The molecule has 1 saturated heterocycles. The van der Waals surface area contributed by atoms with Crippen LogP contribution >= 0.6 is 11.3 Å². The zero-order valence-electron chi connectivity index (χ0n) is 19.7. The van der Waals surface area contributed by atoms with Gasteiger partial charge < -0.3 is 14.6 Å². The summed E-state index contributed by atoms with van der Waals surface area (Å²) in [5.74, 6) is 0.504. The number of nitriles is 1. The molecule has 0 unspecified atom stereocenters. The van der Waals surface area contributed by atoms with E-state index in [1.54, 1.807) is 11.3 Å². The predicted octanol–water partition coefficient (Wildman–Crippen LogP) is 4.80. The molecule has 1 amide bonds. The fourth-order valence-corrected chi connectivity index (χ4v) is 6.17. The van der Waals surface area contributed by atoms with E-state index in [1.807, 2.05) is 19.9 Å². The monoisotopic (exact) mass is 474 g/mol. The van der Waals surface area contributed by atoms with Gasteiger partial charge in [0, 0.05) is 23.7 Å². The number of thiophene rings is 1. The Kier molecular flexibility index (Phi) is 6.55. The summed E-state index contributed by atoms with van der Waals surface area (Å²) in [5.41, 5.74) is 4.95. The first kappa shape index (κ1) is 22.9. The second kappa shape index (κ2) is 9.75. The molecule has 2 aliphatic heterocycles. The van der Waals surface area contributed by atoms with Gasteiger partial charge in [0.05, 0.1) is 30.8 Å². The lowest BCUT2D eigenvalue weighted by Gasteiger charge is -2.35. The highest BCUT2D eigenvalue weighted by atomic mass is 32.1. The normalized spacial score (nSPS) is 20.1. The number of hydrogen-bond acceptors (Lipinski definition) is 5. The molecule has 0 radical (unpaired) electrons. The fourth-order valence-electron chi connectivity index (χ4n) is 5.27. The average Bonchev–Trinajstić information content (AvgIpc) is 3.58. The third-order valence-corrected chi connectivity index (χ3v) is 8.13. The van der Waals surface area contributed by atoms with Gasteiger partial charge in [0.2, 0.25) is 5.91 Å². The van der Waals surface area contributed by atoms with E-state index >= 15 is 0 Å². The number of nitrogens with one attached hydrogen (secondary N) is 1. The van der Waals surface area contributed by atoms with Crippen LogP contribution in [0.2, 0.25) is 0 Å². The molecule has 176 valence electrons. The molecule has 0 saturated carbocycles. The Balaban J connectivity index is 1.40. The Hall–Kier alpha value is -2.92. The fraction of sp³-hybridized carbons (Fsp3) is 0.407. The Morgan fingerprint density at radius 2 is 2.09 bits per heavy atom. The average molecular weight is 475 g/mol. The maximum atomic E-state index is 13.4. The second-order valence-corrected chi connectivity index (χ2v) is 10.2. The van der Waals surface area contributed by atoms with Gasteiger partial charge >= 0.3 is 0 Å². The molecule has 0 aliphatic carbocycles. The summed E-state index contributed by atoms with van der Waals surface area (Å²) in [5, 5.41) is 15.1. The quantitative estimate of drug-likeness (QED) is 0.557. The van der Waals surface area contributed by atoms with Crippen LogP contribution in [0.5, 0.6) is 0 Å². The summed E-state index contributed by atoms with van der Waals surface area (Å²) in [6.45, 7) is 6.47. The first-order valence-electron chi connectivity index (χ1n) is 11.9. The van der Waals surface area contributed by atoms with Crippen molar-refractivity contribution in [3.05, 3.63) is 74.6 Å². The van der Waals surface area contributed by atoms with Crippen molar-refractivity contribution in [1.82, 2.24) is 9.47 Å². The number of carbonyl (C=O) groups excluding carboxylic acids is 1. The van der Waals surface area contributed by atoms with Gasteiger partial charge in [-0.3, -0.25) is 9.69 Å². The van der Waals surface area contributed by atoms with Crippen molar-refractivity contribution in [3.8, 4) is 6.07 Å². The van der Waals surface area contributed by atoms with Crippen molar-refractivity contribution in [1.29, 1.82) is 5.26 Å². The Bertz CT molecular complexity index is 1220. The molecule has 7 heteroatoms. The molecule has 0 spiro atoms. The maximum Gasteiger partial charge on any atom is 0.239 e. The van der Waals surface area contributed by atoms with Gasteiger partial charge in [-0.2, -0.15) is 5.26 Å². The van der Waals surface area contributed by atoms with E-state index in [0.717, 1.165) is 43.7 Å². The summed E-state index contributed by atoms with van der Waals surface area (Å²) in [6, 6.07) is 15.0. The highest BCUT2D eigenvalue weighted by Crippen LogP contribution is 2.37. The van der Waals surface area contributed by atoms with Crippen LogP contribution in [-0.2, 0) is 22.5 Å². The molecule has 1 aromatic carbocycles. The minimum atomic E-state index is -0.0952. The van der Waals surface area contributed by atoms with E-state index in [0.29, 0.717) is 17.9 Å². The molecular formula is C27H30N4O2S. The zero-order chi connectivity index (χ0) is 23.7. The first-order valence-corrected chi connectivity index (χ1v) is 12.8. The molecule has 5 rings (SSSR count). The lowest BCUT2D eigenvalue weighted by atomic mass is 9.93. The van der Waals surface area contributed by atoms with Gasteiger partial charge in [0.1, 0.15) is 11.9 Å². The van der Waals surface area contributed by atoms with E-state index in [9.17, 15) is 10.1 Å². The topological polar surface area (TPSA) is 70.3 Å². The van der Waals surface area contributed by atoms with E-state index in [2.05, 4.69) is 56.6 Å². The summed E-state index contributed by atoms with van der Waals surface area (Å²) in [4.78, 5) is 17.0. The maximum absolute atomic E-state index is 13.4. The summed E-state index contributed by atoms with van der Waals surface area (Å²) < 4.78 is 7.90. The molecule has 2 atom stereocenters. The van der Waals surface area contributed by atoms with Crippen LogP contribution < -0.4 is 5.32 Å².